The van der Waals surface area contributed by atoms with E-state index in [-0.39, 0.29) is 0 Å². The van der Waals surface area contributed by atoms with Gasteiger partial charge in [0.25, 0.3) is 0 Å². The number of aliphatic hydroxyl groups is 1. The molecule has 0 saturated carbocycles. The second-order valence-corrected chi connectivity index (χ2v) is 5.24. The van der Waals surface area contributed by atoms with Crippen molar-refractivity contribution in [1.82, 2.24) is 0 Å². The van der Waals surface area contributed by atoms with E-state index < -0.39 is 6.10 Å². The summed E-state index contributed by atoms with van der Waals surface area (Å²) in [5, 5.41) is 10.1. The van der Waals surface area contributed by atoms with Crippen LogP contribution in [0, 0.1) is 0 Å². The second-order valence-electron chi connectivity index (χ2n) is 3.47. The van der Waals surface area contributed by atoms with E-state index in [1.165, 1.54) is 0 Å². The second kappa shape index (κ2) is 5.17. The third-order valence-electron chi connectivity index (χ3n) is 2.30. The molecule has 0 radical (unpaired) electrons. The van der Waals surface area contributed by atoms with Crippen LogP contribution in [0.2, 0.25) is 0 Å². The Labute approximate surface area is 111 Å². The van der Waals surface area contributed by atoms with Gasteiger partial charge in [-0.1, -0.05) is 37.9 Å². The van der Waals surface area contributed by atoms with Gasteiger partial charge in [0.15, 0.2) is 0 Å². The molecule has 0 spiro atoms. The number of halogens is 2. The molecule has 2 rings (SSSR count). The zero-order valence-electron chi connectivity index (χ0n) is 8.36. The van der Waals surface area contributed by atoms with Crippen molar-refractivity contribution in [3.8, 4) is 0 Å². The van der Waals surface area contributed by atoms with Gasteiger partial charge < -0.3 is 9.52 Å². The molecular weight excluding hydrogens is 336 g/mol. The first-order valence-electron chi connectivity index (χ1n) is 4.82. The summed E-state index contributed by atoms with van der Waals surface area (Å²) >= 11 is 6.81. The molecular formula is C12H10Br2O2. The Balaban J connectivity index is 2.17. The fraction of sp³-hybridized carbons (Fsp3) is 0.167. The van der Waals surface area contributed by atoms with Gasteiger partial charge in [-0.2, -0.15) is 0 Å². The number of hydrogen-bond donors (Lipinski definition) is 1. The molecule has 16 heavy (non-hydrogen) atoms. The number of hydrogen-bond acceptors (Lipinski definition) is 2. The summed E-state index contributed by atoms with van der Waals surface area (Å²) in [7, 11) is 0. The highest BCUT2D eigenvalue weighted by Crippen LogP contribution is 2.28. The smallest absolute Gasteiger partial charge is 0.106 e. The maximum atomic E-state index is 10.1. The van der Waals surface area contributed by atoms with Crippen molar-refractivity contribution < 1.29 is 9.52 Å². The van der Waals surface area contributed by atoms with Crippen LogP contribution in [0.15, 0.2) is 50.0 Å². The molecule has 2 aromatic rings. The van der Waals surface area contributed by atoms with E-state index >= 15 is 0 Å². The van der Waals surface area contributed by atoms with Crippen LogP contribution in [-0.2, 0) is 6.42 Å². The summed E-state index contributed by atoms with van der Waals surface area (Å²) in [5.74, 6) is 0.780. The Morgan fingerprint density at radius 1 is 1.25 bits per heavy atom. The van der Waals surface area contributed by atoms with Crippen molar-refractivity contribution in [3.05, 3.63) is 56.9 Å². The van der Waals surface area contributed by atoms with Crippen molar-refractivity contribution in [2.75, 3.05) is 0 Å². The summed E-state index contributed by atoms with van der Waals surface area (Å²) < 4.78 is 7.07. The highest BCUT2D eigenvalue weighted by atomic mass is 79.9. The number of furan rings is 1. The van der Waals surface area contributed by atoms with Gasteiger partial charge in [-0.05, 0) is 29.8 Å². The first kappa shape index (κ1) is 11.9. The molecule has 1 heterocycles. The fourth-order valence-electron chi connectivity index (χ4n) is 1.50. The fourth-order valence-corrected chi connectivity index (χ4v) is 2.81. The lowest BCUT2D eigenvalue weighted by Crippen LogP contribution is -2.01. The van der Waals surface area contributed by atoms with Crippen LogP contribution >= 0.6 is 31.9 Å². The van der Waals surface area contributed by atoms with Gasteiger partial charge in [0.2, 0.25) is 0 Å². The van der Waals surface area contributed by atoms with Crippen LogP contribution in [-0.4, -0.2) is 5.11 Å². The van der Waals surface area contributed by atoms with Crippen LogP contribution in [0.3, 0.4) is 0 Å². The Morgan fingerprint density at radius 3 is 2.69 bits per heavy atom. The van der Waals surface area contributed by atoms with Crippen molar-refractivity contribution in [1.29, 1.82) is 0 Å². The molecule has 0 fully saturated rings. The Hall–Kier alpha value is -0.580. The monoisotopic (exact) mass is 344 g/mol. The van der Waals surface area contributed by atoms with Crippen LogP contribution < -0.4 is 0 Å². The zero-order chi connectivity index (χ0) is 11.5. The van der Waals surface area contributed by atoms with E-state index in [0.717, 1.165) is 20.3 Å². The molecule has 1 N–H and O–H groups in total. The summed E-state index contributed by atoms with van der Waals surface area (Å²) in [5.41, 5.74) is 0.861. The van der Waals surface area contributed by atoms with Gasteiger partial charge in [0.05, 0.1) is 12.4 Å². The third-order valence-corrected chi connectivity index (χ3v) is 3.48. The van der Waals surface area contributed by atoms with Gasteiger partial charge in [0, 0.05) is 15.4 Å². The normalized spacial score (nSPS) is 12.7. The molecule has 84 valence electrons. The summed E-state index contributed by atoms with van der Waals surface area (Å²) in [6, 6.07) is 9.39. The SMILES string of the molecule is OC(Cc1ccco1)c1ccc(Br)cc1Br. The van der Waals surface area contributed by atoms with Crippen LogP contribution in [0.25, 0.3) is 0 Å². The first-order valence-corrected chi connectivity index (χ1v) is 6.41. The minimum atomic E-state index is -0.561. The van der Waals surface area contributed by atoms with E-state index in [9.17, 15) is 5.11 Å². The minimum absolute atomic E-state index is 0.479. The lowest BCUT2D eigenvalue weighted by Gasteiger charge is -2.11. The molecule has 4 heteroatoms. The molecule has 1 aromatic heterocycles. The number of benzene rings is 1. The maximum Gasteiger partial charge on any atom is 0.106 e. The molecule has 1 unspecified atom stereocenters. The molecule has 0 saturated heterocycles. The summed E-state index contributed by atoms with van der Waals surface area (Å²) in [4.78, 5) is 0. The van der Waals surface area contributed by atoms with Gasteiger partial charge >= 0.3 is 0 Å². The topological polar surface area (TPSA) is 33.4 Å². The van der Waals surface area contributed by atoms with Gasteiger partial charge in [-0.25, -0.2) is 0 Å². The lowest BCUT2D eigenvalue weighted by atomic mass is 10.1. The van der Waals surface area contributed by atoms with E-state index in [1.807, 2.05) is 30.3 Å². The van der Waals surface area contributed by atoms with Gasteiger partial charge in [0.1, 0.15) is 5.76 Å². The van der Waals surface area contributed by atoms with Gasteiger partial charge in [-0.3, -0.25) is 0 Å². The average Bonchev–Trinajstić information content (AvgIpc) is 2.70. The molecule has 0 aliphatic carbocycles. The highest BCUT2D eigenvalue weighted by molar-refractivity contribution is 9.11. The van der Waals surface area contributed by atoms with Crippen LogP contribution in [0.4, 0.5) is 0 Å². The Bertz CT molecular complexity index is 466. The highest BCUT2D eigenvalue weighted by Gasteiger charge is 2.13. The Kier molecular flexibility index (Phi) is 3.84. The third kappa shape index (κ3) is 2.75. The largest absolute Gasteiger partial charge is 0.469 e. The maximum absolute atomic E-state index is 10.1. The summed E-state index contributed by atoms with van der Waals surface area (Å²) in [6.45, 7) is 0. The predicted octanol–water partition coefficient (Wildman–Crippen LogP) is 4.08. The summed E-state index contributed by atoms with van der Waals surface area (Å²) in [6.07, 6.45) is 1.53. The first-order chi connectivity index (χ1) is 7.66. The predicted molar refractivity (Wildman–Crippen MR) is 69.2 cm³/mol. The molecule has 0 amide bonds. The van der Waals surface area contributed by atoms with Crippen molar-refractivity contribution in [2.24, 2.45) is 0 Å². The molecule has 2 nitrogen and oxygen atoms in total. The molecule has 0 aliphatic rings. The van der Waals surface area contributed by atoms with E-state index in [0.29, 0.717) is 6.42 Å². The quantitative estimate of drug-likeness (QED) is 0.909. The molecule has 0 bridgehead atoms. The van der Waals surface area contributed by atoms with E-state index in [4.69, 9.17) is 4.42 Å². The molecule has 1 atom stereocenters. The number of aliphatic hydroxyl groups excluding tert-OH is 1. The van der Waals surface area contributed by atoms with Crippen LogP contribution in [0.5, 0.6) is 0 Å². The molecule has 1 aromatic carbocycles. The van der Waals surface area contributed by atoms with E-state index in [1.54, 1.807) is 6.26 Å². The minimum Gasteiger partial charge on any atom is -0.469 e. The standard InChI is InChI=1S/C12H10Br2O2/c13-8-3-4-10(11(14)6-8)12(15)7-9-2-1-5-16-9/h1-6,12,15H,7H2. The van der Waals surface area contributed by atoms with Gasteiger partial charge in [-0.15, -0.1) is 0 Å². The Morgan fingerprint density at radius 2 is 2.06 bits per heavy atom. The number of rotatable bonds is 3. The molecule has 0 aliphatic heterocycles. The van der Waals surface area contributed by atoms with Crippen LogP contribution in [0.1, 0.15) is 17.4 Å². The van der Waals surface area contributed by atoms with E-state index in [2.05, 4.69) is 31.9 Å². The zero-order valence-corrected chi connectivity index (χ0v) is 11.5. The van der Waals surface area contributed by atoms with Crippen molar-refractivity contribution >= 4 is 31.9 Å². The van der Waals surface area contributed by atoms with Crippen molar-refractivity contribution in [2.45, 2.75) is 12.5 Å². The lowest BCUT2D eigenvalue weighted by molar-refractivity contribution is 0.170. The van der Waals surface area contributed by atoms with Crippen molar-refractivity contribution in [3.63, 3.8) is 0 Å². The average molecular weight is 346 g/mol.